The molecule has 0 saturated heterocycles. The quantitative estimate of drug-likeness (QED) is 0.733. The maximum absolute atomic E-state index is 11.9. The molecule has 0 aliphatic carbocycles. The molecule has 1 heterocycles. The molecule has 0 radical (unpaired) electrons. The summed E-state index contributed by atoms with van der Waals surface area (Å²) in [6.45, 7) is 8.15. The number of esters is 1. The fraction of sp³-hybridized carbons (Fsp3) is 0.421. The highest BCUT2D eigenvalue weighted by atomic mass is 16.5. The molecule has 0 saturated carbocycles. The van der Waals surface area contributed by atoms with Crippen LogP contribution in [0.5, 0.6) is 0 Å². The van der Waals surface area contributed by atoms with E-state index in [0.29, 0.717) is 17.2 Å². The van der Waals surface area contributed by atoms with Gasteiger partial charge in [0, 0.05) is 24.8 Å². The Morgan fingerprint density at radius 3 is 2.48 bits per heavy atom. The normalized spacial score (nSPS) is 10.4. The summed E-state index contributed by atoms with van der Waals surface area (Å²) in [6.07, 6.45) is 2.11. The SMILES string of the molecule is CCCN(CCC)c1cc(C)nc(Nc2ccccc2C(=O)OC)n1. The smallest absolute Gasteiger partial charge is 0.339 e. The molecule has 0 spiro atoms. The first kappa shape index (κ1) is 18.7. The van der Waals surface area contributed by atoms with Gasteiger partial charge in [0.05, 0.1) is 18.4 Å². The third kappa shape index (κ3) is 4.92. The highest BCUT2D eigenvalue weighted by Gasteiger charge is 2.14. The van der Waals surface area contributed by atoms with E-state index in [-0.39, 0.29) is 0 Å². The van der Waals surface area contributed by atoms with Gasteiger partial charge in [-0.3, -0.25) is 0 Å². The van der Waals surface area contributed by atoms with Crippen LogP contribution in [0.3, 0.4) is 0 Å². The summed E-state index contributed by atoms with van der Waals surface area (Å²) in [5, 5.41) is 3.16. The Hall–Kier alpha value is -2.63. The Bertz CT molecular complexity index is 712. The van der Waals surface area contributed by atoms with Gasteiger partial charge in [0.15, 0.2) is 0 Å². The molecule has 0 aliphatic rings. The first-order valence-electron chi connectivity index (χ1n) is 8.64. The molecule has 25 heavy (non-hydrogen) atoms. The Morgan fingerprint density at radius 1 is 1.16 bits per heavy atom. The minimum Gasteiger partial charge on any atom is -0.465 e. The Morgan fingerprint density at radius 2 is 1.84 bits per heavy atom. The zero-order chi connectivity index (χ0) is 18.2. The van der Waals surface area contributed by atoms with Crippen LogP contribution >= 0.6 is 0 Å². The molecule has 1 aromatic heterocycles. The predicted molar refractivity (Wildman–Crippen MR) is 101 cm³/mol. The molecule has 6 nitrogen and oxygen atoms in total. The highest BCUT2D eigenvalue weighted by molar-refractivity contribution is 5.96. The summed E-state index contributed by atoms with van der Waals surface area (Å²) in [5.74, 6) is 0.979. The fourth-order valence-electron chi connectivity index (χ4n) is 2.65. The number of nitrogens with zero attached hydrogens (tertiary/aromatic N) is 3. The average Bonchev–Trinajstić information content (AvgIpc) is 2.61. The van der Waals surface area contributed by atoms with E-state index in [9.17, 15) is 4.79 Å². The molecule has 2 rings (SSSR count). The van der Waals surface area contributed by atoms with Gasteiger partial charge in [-0.15, -0.1) is 0 Å². The molecule has 2 aromatic rings. The van der Waals surface area contributed by atoms with E-state index in [1.165, 1.54) is 7.11 Å². The molecule has 0 bridgehead atoms. The molecule has 0 fully saturated rings. The largest absolute Gasteiger partial charge is 0.465 e. The highest BCUT2D eigenvalue weighted by Crippen LogP contribution is 2.22. The molecule has 0 unspecified atom stereocenters. The van der Waals surface area contributed by atoms with E-state index in [2.05, 4.69) is 34.0 Å². The van der Waals surface area contributed by atoms with Crippen LogP contribution in [-0.2, 0) is 4.74 Å². The van der Waals surface area contributed by atoms with Gasteiger partial charge in [-0.25, -0.2) is 9.78 Å². The van der Waals surface area contributed by atoms with Crippen molar-refractivity contribution < 1.29 is 9.53 Å². The van der Waals surface area contributed by atoms with Gasteiger partial charge in [0.2, 0.25) is 5.95 Å². The van der Waals surface area contributed by atoms with Crippen molar-refractivity contribution in [3.8, 4) is 0 Å². The van der Waals surface area contributed by atoms with Crippen molar-refractivity contribution >= 4 is 23.4 Å². The van der Waals surface area contributed by atoms with Crippen molar-refractivity contribution in [3.63, 3.8) is 0 Å². The number of para-hydroxylation sites is 1. The van der Waals surface area contributed by atoms with Gasteiger partial charge in [-0.1, -0.05) is 26.0 Å². The molecule has 134 valence electrons. The second kappa shape index (κ2) is 9.01. The first-order chi connectivity index (χ1) is 12.1. The molecule has 1 aromatic carbocycles. The molecule has 0 amide bonds. The Labute approximate surface area is 149 Å². The summed E-state index contributed by atoms with van der Waals surface area (Å²) >= 11 is 0. The first-order valence-corrected chi connectivity index (χ1v) is 8.64. The van der Waals surface area contributed by atoms with E-state index >= 15 is 0 Å². The van der Waals surface area contributed by atoms with Crippen LogP contribution in [0.15, 0.2) is 30.3 Å². The molecule has 1 N–H and O–H groups in total. The summed E-state index contributed by atoms with van der Waals surface area (Å²) in [7, 11) is 1.37. The number of carbonyl (C=O) groups excluding carboxylic acids is 1. The number of aryl methyl sites for hydroxylation is 1. The molecular weight excluding hydrogens is 316 g/mol. The number of rotatable bonds is 8. The van der Waals surface area contributed by atoms with Crippen LogP contribution in [0.25, 0.3) is 0 Å². The lowest BCUT2D eigenvalue weighted by atomic mass is 10.2. The summed E-state index contributed by atoms with van der Waals surface area (Å²) in [4.78, 5) is 23.3. The number of hydrogen-bond donors (Lipinski definition) is 1. The van der Waals surface area contributed by atoms with E-state index in [1.807, 2.05) is 25.1 Å². The van der Waals surface area contributed by atoms with Crippen LogP contribution in [0.2, 0.25) is 0 Å². The molecule has 6 heteroatoms. The summed E-state index contributed by atoms with van der Waals surface area (Å²) in [6, 6.07) is 9.16. The summed E-state index contributed by atoms with van der Waals surface area (Å²) < 4.78 is 4.84. The van der Waals surface area contributed by atoms with Gasteiger partial charge in [-0.2, -0.15) is 4.98 Å². The van der Waals surface area contributed by atoms with E-state index in [4.69, 9.17) is 4.74 Å². The number of aromatic nitrogens is 2. The van der Waals surface area contributed by atoms with Gasteiger partial charge >= 0.3 is 5.97 Å². The van der Waals surface area contributed by atoms with E-state index in [1.54, 1.807) is 12.1 Å². The minimum atomic E-state index is -0.394. The lowest BCUT2D eigenvalue weighted by Crippen LogP contribution is -2.26. The van der Waals surface area contributed by atoms with Crippen molar-refractivity contribution in [1.29, 1.82) is 0 Å². The standard InChI is InChI=1S/C19H26N4O2/c1-5-11-23(12-6-2)17-13-14(3)20-19(22-17)21-16-10-8-7-9-15(16)18(24)25-4/h7-10,13H,5-6,11-12H2,1-4H3,(H,20,21,22). The Kier molecular flexibility index (Phi) is 6.74. The van der Waals surface area contributed by atoms with Crippen molar-refractivity contribution in [2.24, 2.45) is 0 Å². The zero-order valence-corrected chi connectivity index (χ0v) is 15.4. The van der Waals surface area contributed by atoms with Gasteiger partial charge < -0.3 is 15.0 Å². The number of ether oxygens (including phenoxy) is 1. The predicted octanol–water partition coefficient (Wildman–Crippen LogP) is 3.94. The van der Waals surface area contributed by atoms with E-state index < -0.39 is 5.97 Å². The summed E-state index contributed by atoms with van der Waals surface area (Å²) in [5.41, 5.74) is 1.96. The minimum absolute atomic E-state index is 0.394. The lowest BCUT2D eigenvalue weighted by Gasteiger charge is -2.23. The van der Waals surface area contributed by atoms with Crippen LogP contribution in [0.1, 0.15) is 42.7 Å². The fourth-order valence-corrected chi connectivity index (χ4v) is 2.65. The van der Waals surface area contributed by atoms with Crippen molar-refractivity contribution in [2.75, 3.05) is 30.4 Å². The maximum Gasteiger partial charge on any atom is 0.339 e. The van der Waals surface area contributed by atoms with Crippen LogP contribution in [0.4, 0.5) is 17.5 Å². The van der Waals surface area contributed by atoms with Crippen molar-refractivity contribution in [1.82, 2.24) is 9.97 Å². The number of methoxy groups -OCH3 is 1. The van der Waals surface area contributed by atoms with Crippen LogP contribution in [-0.4, -0.2) is 36.1 Å². The molecule has 0 aliphatic heterocycles. The molecular formula is C19H26N4O2. The zero-order valence-electron chi connectivity index (χ0n) is 15.4. The number of nitrogens with one attached hydrogen (secondary N) is 1. The van der Waals surface area contributed by atoms with Gasteiger partial charge in [-0.05, 0) is 31.9 Å². The lowest BCUT2D eigenvalue weighted by molar-refractivity contribution is 0.0602. The third-order valence-corrected chi connectivity index (χ3v) is 3.73. The van der Waals surface area contributed by atoms with E-state index in [0.717, 1.165) is 37.4 Å². The average molecular weight is 342 g/mol. The maximum atomic E-state index is 11.9. The number of benzene rings is 1. The van der Waals surface area contributed by atoms with Gasteiger partial charge in [0.1, 0.15) is 5.82 Å². The third-order valence-electron chi connectivity index (χ3n) is 3.73. The number of hydrogen-bond acceptors (Lipinski definition) is 6. The molecule has 0 atom stereocenters. The number of anilines is 3. The topological polar surface area (TPSA) is 67.4 Å². The Balaban J connectivity index is 2.33. The van der Waals surface area contributed by atoms with Crippen LogP contribution < -0.4 is 10.2 Å². The van der Waals surface area contributed by atoms with Crippen molar-refractivity contribution in [2.45, 2.75) is 33.6 Å². The second-order valence-electron chi connectivity index (χ2n) is 5.84. The van der Waals surface area contributed by atoms with Crippen LogP contribution in [0, 0.1) is 6.92 Å². The van der Waals surface area contributed by atoms with Crippen molar-refractivity contribution in [3.05, 3.63) is 41.6 Å². The monoisotopic (exact) mass is 342 g/mol. The second-order valence-corrected chi connectivity index (χ2v) is 5.84. The number of carbonyl (C=O) groups is 1. The van der Waals surface area contributed by atoms with Gasteiger partial charge in [0.25, 0.3) is 0 Å².